The van der Waals surface area contributed by atoms with E-state index in [0.717, 1.165) is 18.7 Å². The highest BCUT2D eigenvalue weighted by molar-refractivity contribution is 7.89. The third kappa shape index (κ3) is 5.32. The van der Waals surface area contributed by atoms with E-state index in [9.17, 15) is 13.2 Å². The third-order valence-corrected chi connectivity index (χ3v) is 6.36. The van der Waals surface area contributed by atoms with Crippen molar-refractivity contribution in [2.24, 2.45) is 0 Å². The molecule has 0 fully saturated rings. The number of rotatable bonds is 7. The van der Waals surface area contributed by atoms with Gasteiger partial charge >= 0.3 is 0 Å². The van der Waals surface area contributed by atoms with Crippen molar-refractivity contribution in [2.75, 3.05) is 0 Å². The Hall–Kier alpha value is -1.93. The highest BCUT2D eigenvalue weighted by atomic mass is 35.5. The van der Waals surface area contributed by atoms with E-state index in [1.54, 1.807) is 0 Å². The van der Waals surface area contributed by atoms with E-state index in [2.05, 4.69) is 27.5 Å². The molecule has 1 atom stereocenters. The monoisotopic (exact) mass is 423 g/mol. The van der Waals surface area contributed by atoms with Gasteiger partial charge in [-0.3, -0.25) is 4.79 Å². The second-order valence-corrected chi connectivity index (χ2v) is 8.56. The first-order chi connectivity index (χ1) is 12.9. The first kappa shape index (κ1) is 22.4. The molecular formula is C20H26ClN3O3S. The summed E-state index contributed by atoms with van der Waals surface area (Å²) in [6.07, 6.45) is 0.707. The Bertz CT molecular complexity index is 930. The Morgan fingerprint density at radius 1 is 1.11 bits per heavy atom. The van der Waals surface area contributed by atoms with Crippen molar-refractivity contribution in [2.45, 2.75) is 50.8 Å². The molecule has 6 nitrogen and oxygen atoms in total. The molecule has 0 saturated carbocycles. The summed E-state index contributed by atoms with van der Waals surface area (Å²) >= 11 is 0. The molecular weight excluding hydrogens is 398 g/mol. The highest BCUT2D eigenvalue weighted by Crippen LogP contribution is 2.17. The summed E-state index contributed by atoms with van der Waals surface area (Å²) in [5, 5.41) is 6.18. The first-order valence-electron chi connectivity index (χ1n) is 9.11. The smallest absolute Gasteiger partial charge is 0.251 e. The zero-order chi connectivity index (χ0) is 19.4. The van der Waals surface area contributed by atoms with Crippen molar-refractivity contribution >= 4 is 28.3 Å². The van der Waals surface area contributed by atoms with Gasteiger partial charge in [0.25, 0.3) is 5.91 Å². The van der Waals surface area contributed by atoms with Gasteiger partial charge in [-0.05, 0) is 54.3 Å². The Labute approximate surface area is 172 Å². The molecule has 1 aliphatic rings. The molecule has 28 heavy (non-hydrogen) atoms. The molecule has 1 heterocycles. The van der Waals surface area contributed by atoms with Crippen LogP contribution < -0.4 is 15.4 Å². The molecule has 3 N–H and O–H groups in total. The predicted molar refractivity (Wildman–Crippen MR) is 112 cm³/mol. The molecule has 0 aromatic heterocycles. The number of halogens is 1. The molecule has 8 heteroatoms. The van der Waals surface area contributed by atoms with E-state index in [1.165, 1.54) is 35.4 Å². The normalized spacial score (nSPS) is 14.1. The van der Waals surface area contributed by atoms with Gasteiger partial charge in [0, 0.05) is 31.2 Å². The van der Waals surface area contributed by atoms with Crippen LogP contribution in [0.2, 0.25) is 0 Å². The molecule has 3 rings (SSSR count). The van der Waals surface area contributed by atoms with Gasteiger partial charge in [-0.25, -0.2) is 13.1 Å². The van der Waals surface area contributed by atoms with Crippen molar-refractivity contribution in [3.05, 3.63) is 64.7 Å². The average molecular weight is 424 g/mol. The fraction of sp³-hybridized carbons (Fsp3) is 0.350. The number of amides is 1. The summed E-state index contributed by atoms with van der Waals surface area (Å²) in [6, 6.07) is 12.1. The Morgan fingerprint density at radius 2 is 1.79 bits per heavy atom. The van der Waals surface area contributed by atoms with Crippen LogP contribution in [0.15, 0.2) is 47.4 Å². The van der Waals surface area contributed by atoms with Crippen LogP contribution in [-0.2, 0) is 29.7 Å². The number of hydrogen-bond acceptors (Lipinski definition) is 4. The van der Waals surface area contributed by atoms with Crippen molar-refractivity contribution in [1.82, 2.24) is 15.4 Å². The van der Waals surface area contributed by atoms with Gasteiger partial charge in [0.05, 0.1) is 4.90 Å². The van der Waals surface area contributed by atoms with Crippen molar-refractivity contribution in [3.8, 4) is 0 Å². The van der Waals surface area contributed by atoms with Gasteiger partial charge < -0.3 is 10.6 Å². The summed E-state index contributed by atoms with van der Waals surface area (Å²) in [5.41, 5.74) is 4.04. The van der Waals surface area contributed by atoms with Crippen LogP contribution in [0.25, 0.3) is 0 Å². The van der Waals surface area contributed by atoms with Gasteiger partial charge in [0.2, 0.25) is 10.0 Å². The standard InChI is InChI=1S/C20H25N3O3S.ClH/c1-3-14(2)23-27(25,26)19-8-6-16(7-9-19)20(24)22-11-15-4-5-17-12-21-13-18(17)10-15;/h4-10,14,21,23H,3,11-13H2,1-2H3,(H,22,24);1H. The average Bonchev–Trinajstić information content (AvgIpc) is 3.13. The fourth-order valence-electron chi connectivity index (χ4n) is 2.94. The minimum absolute atomic E-state index is 0. The van der Waals surface area contributed by atoms with Crippen molar-refractivity contribution in [1.29, 1.82) is 0 Å². The molecule has 2 aromatic rings. The van der Waals surface area contributed by atoms with E-state index >= 15 is 0 Å². The Kier molecular flexibility index (Phi) is 7.60. The quantitative estimate of drug-likeness (QED) is 0.639. The molecule has 2 aromatic carbocycles. The Balaban J connectivity index is 0.00000280. The number of benzene rings is 2. The second kappa shape index (κ2) is 9.52. The van der Waals surface area contributed by atoms with Gasteiger partial charge in [0.1, 0.15) is 0 Å². The summed E-state index contributed by atoms with van der Waals surface area (Å²) in [5.74, 6) is -0.229. The Morgan fingerprint density at radius 3 is 2.46 bits per heavy atom. The van der Waals surface area contributed by atoms with Gasteiger partial charge in [-0.2, -0.15) is 0 Å². The number of nitrogens with one attached hydrogen (secondary N) is 3. The largest absolute Gasteiger partial charge is 0.348 e. The zero-order valence-electron chi connectivity index (χ0n) is 16.0. The van der Waals surface area contributed by atoms with Crippen LogP contribution >= 0.6 is 12.4 Å². The molecule has 0 saturated heterocycles. The SMILES string of the molecule is CCC(C)NS(=O)(=O)c1ccc(C(=O)NCc2ccc3c(c2)CNC3)cc1.Cl. The topological polar surface area (TPSA) is 87.3 Å². The number of carbonyl (C=O) groups excluding carboxylic acids is 1. The molecule has 1 unspecified atom stereocenters. The predicted octanol–water partition coefficient (Wildman–Crippen LogP) is 2.72. The molecule has 1 aliphatic heterocycles. The first-order valence-corrected chi connectivity index (χ1v) is 10.6. The minimum Gasteiger partial charge on any atom is -0.348 e. The highest BCUT2D eigenvalue weighted by Gasteiger charge is 2.17. The maximum atomic E-state index is 12.3. The lowest BCUT2D eigenvalue weighted by Crippen LogP contribution is -2.32. The minimum atomic E-state index is -3.56. The zero-order valence-corrected chi connectivity index (χ0v) is 17.6. The van der Waals surface area contributed by atoms with Crippen LogP contribution in [0.3, 0.4) is 0 Å². The van der Waals surface area contributed by atoms with Crippen LogP contribution in [0, 0.1) is 0 Å². The molecule has 0 radical (unpaired) electrons. The summed E-state index contributed by atoms with van der Waals surface area (Å²) in [6.45, 7) is 5.91. The van der Waals surface area contributed by atoms with E-state index in [0.29, 0.717) is 18.5 Å². The van der Waals surface area contributed by atoms with Crippen LogP contribution in [0.5, 0.6) is 0 Å². The lowest BCUT2D eigenvalue weighted by atomic mass is 10.1. The lowest BCUT2D eigenvalue weighted by Gasteiger charge is -2.12. The number of carbonyl (C=O) groups is 1. The number of hydrogen-bond donors (Lipinski definition) is 3. The summed E-state index contributed by atoms with van der Waals surface area (Å²) < 4.78 is 27.1. The lowest BCUT2D eigenvalue weighted by molar-refractivity contribution is 0.0951. The van der Waals surface area contributed by atoms with Crippen LogP contribution in [-0.4, -0.2) is 20.4 Å². The van der Waals surface area contributed by atoms with Crippen molar-refractivity contribution < 1.29 is 13.2 Å². The molecule has 1 amide bonds. The number of sulfonamides is 1. The van der Waals surface area contributed by atoms with Crippen molar-refractivity contribution in [3.63, 3.8) is 0 Å². The third-order valence-electron chi connectivity index (χ3n) is 4.75. The molecule has 0 spiro atoms. The van der Waals surface area contributed by atoms with Crippen LogP contribution in [0.4, 0.5) is 0 Å². The molecule has 152 valence electrons. The molecule has 0 bridgehead atoms. The summed E-state index contributed by atoms with van der Waals surface area (Å²) in [7, 11) is -3.56. The second-order valence-electron chi connectivity index (χ2n) is 6.84. The maximum absolute atomic E-state index is 12.3. The van der Waals surface area contributed by atoms with E-state index in [1.807, 2.05) is 19.9 Å². The van der Waals surface area contributed by atoms with Gasteiger partial charge in [0.15, 0.2) is 0 Å². The van der Waals surface area contributed by atoms with Gasteiger partial charge in [-0.1, -0.05) is 25.1 Å². The molecule has 0 aliphatic carbocycles. The van der Waals surface area contributed by atoms with Crippen LogP contribution in [0.1, 0.15) is 47.3 Å². The van der Waals surface area contributed by atoms with E-state index in [4.69, 9.17) is 0 Å². The number of fused-ring (bicyclic) bond motifs is 1. The fourth-order valence-corrected chi connectivity index (χ4v) is 4.27. The maximum Gasteiger partial charge on any atom is 0.251 e. The van der Waals surface area contributed by atoms with E-state index in [-0.39, 0.29) is 29.3 Å². The van der Waals surface area contributed by atoms with E-state index < -0.39 is 10.0 Å². The van der Waals surface area contributed by atoms with Gasteiger partial charge in [-0.15, -0.1) is 12.4 Å². The summed E-state index contributed by atoms with van der Waals surface area (Å²) in [4.78, 5) is 12.5.